The van der Waals surface area contributed by atoms with Gasteiger partial charge in [-0.2, -0.15) is 11.3 Å². The van der Waals surface area contributed by atoms with Crippen LogP contribution in [0.2, 0.25) is 0 Å². The standard InChI is InChI=1S/C24H29FN2O3S/c1-26(23(28)20-9-13-31-16-20)22(14-18-4-2-3-5-21(18)25)17-6-10-27(11-7-17)24(29)19-8-12-30-15-19/h2-5,9,13,16-17,19,22H,6-8,10-12,14-15H2,1H3/t19-,22-/m0/s1. The molecule has 166 valence electrons. The smallest absolute Gasteiger partial charge is 0.254 e. The highest BCUT2D eigenvalue weighted by Gasteiger charge is 2.35. The van der Waals surface area contributed by atoms with Crippen LogP contribution in [0.3, 0.4) is 0 Å². The van der Waals surface area contributed by atoms with Crippen molar-refractivity contribution in [3.8, 4) is 0 Å². The monoisotopic (exact) mass is 444 g/mol. The van der Waals surface area contributed by atoms with Crippen LogP contribution in [-0.2, 0) is 16.0 Å². The molecule has 5 nitrogen and oxygen atoms in total. The van der Waals surface area contributed by atoms with Crippen molar-refractivity contribution in [3.05, 3.63) is 58.0 Å². The average molecular weight is 445 g/mol. The van der Waals surface area contributed by atoms with Crippen LogP contribution < -0.4 is 0 Å². The number of likely N-dealkylation sites (N-methyl/N-ethyl adjacent to an activating group) is 1. The molecule has 2 saturated heterocycles. The van der Waals surface area contributed by atoms with E-state index in [9.17, 15) is 14.0 Å². The molecule has 2 fully saturated rings. The van der Waals surface area contributed by atoms with Crippen LogP contribution >= 0.6 is 11.3 Å². The van der Waals surface area contributed by atoms with E-state index < -0.39 is 0 Å². The Morgan fingerprint density at radius 1 is 1.23 bits per heavy atom. The van der Waals surface area contributed by atoms with Gasteiger partial charge < -0.3 is 14.5 Å². The number of nitrogens with zero attached hydrogens (tertiary/aromatic N) is 2. The molecular formula is C24H29FN2O3S. The molecule has 1 aromatic heterocycles. The van der Waals surface area contributed by atoms with Crippen molar-refractivity contribution in [1.29, 1.82) is 0 Å². The highest BCUT2D eigenvalue weighted by atomic mass is 32.1. The second kappa shape index (κ2) is 9.92. The van der Waals surface area contributed by atoms with Crippen LogP contribution in [0.1, 0.15) is 35.2 Å². The molecule has 2 aliphatic heterocycles. The van der Waals surface area contributed by atoms with Crippen LogP contribution in [0.15, 0.2) is 41.1 Å². The zero-order valence-corrected chi connectivity index (χ0v) is 18.7. The lowest BCUT2D eigenvalue weighted by molar-refractivity contribution is -0.137. The van der Waals surface area contributed by atoms with Crippen molar-refractivity contribution in [2.45, 2.75) is 31.7 Å². The van der Waals surface area contributed by atoms with Gasteiger partial charge in [0.05, 0.1) is 18.1 Å². The summed E-state index contributed by atoms with van der Waals surface area (Å²) in [5.74, 6) is 0.0934. The zero-order chi connectivity index (χ0) is 21.8. The molecule has 7 heteroatoms. The van der Waals surface area contributed by atoms with E-state index in [4.69, 9.17) is 4.74 Å². The van der Waals surface area contributed by atoms with Crippen molar-refractivity contribution in [1.82, 2.24) is 9.80 Å². The molecular weight excluding hydrogens is 415 g/mol. The van der Waals surface area contributed by atoms with Gasteiger partial charge in [-0.1, -0.05) is 18.2 Å². The molecule has 0 radical (unpaired) electrons. The summed E-state index contributed by atoms with van der Waals surface area (Å²) in [4.78, 5) is 29.5. The lowest BCUT2D eigenvalue weighted by Gasteiger charge is -2.40. The van der Waals surface area contributed by atoms with Gasteiger partial charge in [0.25, 0.3) is 5.91 Å². The third kappa shape index (κ3) is 4.99. The van der Waals surface area contributed by atoms with Crippen LogP contribution in [-0.4, -0.2) is 61.0 Å². The highest BCUT2D eigenvalue weighted by Crippen LogP contribution is 2.29. The molecule has 1 aromatic carbocycles. The number of thiophene rings is 1. The lowest BCUT2D eigenvalue weighted by Crippen LogP contribution is -2.49. The van der Waals surface area contributed by atoms with E-state index in [2.05, 4.69) is 0 Å². The Morgan fingerprint density at radius 3 is 2.65 bits per heavy atom. The van der Waals surface area contributed by atoms with Gasteiger partial charge in [0.15, 0.2) is 0 Å². The van der Waals surface area contributed by atoms with E-state index in [0.717, 1.165) is 19.3 Å². The van der Waals surface area contributed by atoms with E-state index >= 15 is 0 Å². The summed E-state index contributed by atoms with van der Waals surface area (Å²) in [5, 5.41) is 3.74. The van der Waals surface area contributed by atoms with Gasteiger partial charge in [0.2, 0.25) is 5.91 Å². The summed E-state index contributed by atoms with van der Waals surface area (Å²) in [7, 11) is 1.82. The first-order valence-corrected chi connectivity index (χ1v) is 11.9. The number of carbonyl (C=O) groups is 2. The van der Waals surface area contributed by atoms with E-state index in [1.807, 2.05) is 34.8 Å². The molecule has 4 rings (SSSR count). The average Bonchev–Trinajstić information content (AvgIpc) is 3.52. The number of amides is 2. The number of carbonyl (C=O) groups excluding carboxylic acids is 2. The molecule has 0 bridgehead atoms. The summed E-state index contributed by atoms with van der Waals surface area (Å²) in [6.45, 7) is 2.53. The molecule has 0 aliphatic carbocycles. The summed E-state index contributed by atoms with van der Waals surface area (Å²) >= 11 is 1.49. The molecule has 3 heterocycles. The quantitative estimate of drug-likeness (QED) is 0.680. The molecule has 2 amide bonds. The van der Waals surface area contributed by atoms with Gasteiger partial charge in [-0.25, -0.2) is 4.39 Å². The minimum Gasteiger partial charge on any atom is -0.381 e. The normalized spacial score (nSPS) is 20.6. The van der Waals surface area contributed by atoms with Crippen molar-refractivity contribution < 1.29 is 18.7 Å². The predicted octanol–water partition coefficient (Wildman–Crippen LogP) is 3.85. The molecule has 0 spiro atoms. The predicted molar refractivity (Wildman–Crippen MR) is 119 cm³/mol. The van der Waals surface area contributed by atoms with Crippen LogP contribution in [0, 0.1) is 17.7 Å². The summed E-state index contributed by atoms with van der Waals surface area (Å²) in [6.07, 6.45) is 2.88. The number of ether oxygens (including phenoxy) is 1. The first-order valence-electron chi connectivity index (χ1n) is 10.9. The Bertz CT molecular complexity index is 890. The molecule has 2 atom stereocenters. The number of rotatable bonds is 6. The SMILES string of the molecule is CN(C(=O)c1ccsc1)[C@@H](Cc1ccccc1F)C1CCN(C(=O)[C@H]2CCOC2)CC1. The Balaban J connectivity index is 1.48. The molecule has 31 heavy (non-hydrogen) atoms. The first-order chi connectivity index (χ1) is 15.0. The minimum absolute atomic E-state index is 0.0198. The van der Waals surface area contributed by atoms with Gasteiger partial charge in [-0.3, -0.25) is 9.59 Å². The summed E-state index contributed by atoms with van der Waals surface area (Å²) in [6, 6.07) is 8.49. The summed E-state index contributed by atoms with van der Waals surface area (Å²) < 4.78 is 19.8. The highest BCUT2D eigenvalue weighted by molar-refractivity contribution is 7.08. The Hall–Kier alpha value is -2.25. The fraction of sp³-hybridized carbons (Fsp3) is 0.500. The van der Waals surface area contributed by atoms with Crippen LogP contribution in [0.25, 0.3) is 0 Å². The van der Waals surface area contributed by atoms with E-state index in [-0.39, 0.29) is 35.5 Å². The van der Waals surface area contributed by atoms with Gasteiger partial charge in [0, 0.05) is 38.2 Å². The Kier molecular flexibility index (Phi) is 7.02. The third-order valence-corrected chi connectivity index (χ3v) is 7.33. The molecule has 2 aromatic rings. The zero-order valence-electron chi connectivity index (χ0n) is 17.8. The van der Waals surface area contributed by atoms with Crippen molar-refractivity contribution in [3.63, 3.8) is 0 Å². The van der Waals surface area contributed by atoms with Gasteiger partial charge in [-0.05, 0) is 54.7 Å². The first kappa shape index (κ1) is 22.0. The number of piperidine rings is 1. The van der Waals surface area contributed by atoms with E-state index in [1.165, 1.54) is 17.4 Å². The van der Waals surface area contributed by atoms with Crippen molar-refractivity contribution in [2.75, 3.05) is 33.4 Å². The van der Waals surface area contributed by atoms with Crippen LogP contribution in [0.4, 0.5) is 4.39 Å². The van der Waals surface area contributed by atoms with Crippen molar-refractivity contribution in [2.24, 2.45) is 11.8 Å². The molecule has 2 aliphatic rings. The number of hydrogen-bond acceptors (Lipinski definition) is 4. The number of benzene rings is 1. The van der Waals surface area contributed by atoms with E-state index in [0.29, 0.717) is 43.9 Å². The Morgan fingerprint density at radius 2 is 2.00 bits per heavy atom. The largest absolute Gasteiger partial charge is 0.381 e. The van der Waals surface area contributed by atoms with E-state index in [1.54, 1.807) is 17.0 Å². The fourth-order valence-corrected chi connectivity index (χ4v) is 5.37. The van der Waals surface area contributed by atoms with Gasteiger partial charge in [0.1, 0.15) is 5.82 Å². The minimum atomic E-state index is -0.238. The molecule has 0 N–H and O–H groups in total. The number of hydrogen-bond donors (Lipinski definition) is 0. The third-order valence-electron chi connectivity index (χ3n) is 6.65. The van der Waals surface area contributed by atoms with Gasteiger partial charge in [-0.15, -0.1) is 0 Å². The number of halogens is 1. The topological polar surface area (TPSA) is 49.9 Å². The maximum absolute atomic E-state index is 14.4. The van der Waals surface area contributed by atoms with Crippen LogP contribution in [0.5, 0.6) is 0 Å². The van der Waals surface area contributed by atoms with Gasteiger partial charge >= 0.3 is 0 Å². The maximum Gasteiger partial charge on any atom is 0.254 e. The number of likely N-dealkylation sites (tertiary alicyclic amines) is 1. The lowest BCUT2D eigenvalue weighted by atomic mass is 9.84. The molecule has 0 saturated carbocycles. The second-order valence-electron chi connectivity index (χ2n) is 8.51. The molecule has 0 unspecified atom stereocenters. The second-order valence-corrected chi connectivity index (χ2v) is 9.29. The maximum atomic E-state index is 14.4. The summed E-state index contributed by atoms with van der Waals surface area (Å²) in [5.41, 5.74) is 1.29. The Labute approximate surface area is 186 Å². The van der Waals surface area contributed by atoms with Crippen molar-refractivity contribution >= 4 is 23.2 Å². The fourth-order valence-electron chi connectivity index (χ4n) is 4.74.